The summed E-state index contributed by atoms with van der Waals surface area (Å²) in [4.78, 5) is 18.5. The fourth-order valence-corrected chi connectivity index (χ4v) is 3.15. The smallest absolute Gasteiger partial charge is 0.246 e. The van der Waals surface area contributed by atoms with Gasteiger partial charge in [0.1, 0.15) is 0 Å². The molecule has 2 aromatic rings. The molecule has 3 rings (SSSR count). The highest BCUT2D eigenvalue weighted by Crippen LogP contribution is 2.25. The molecule has 0 saturated carbocycles. The molecule has 1 aromatic carbocycles. The molecule has 1 atom stereocenters. The van der Waals surface area contributed by atoms with E-state index < -0.39 is 0 Å². The van der Waals surface area contributed by atoms with Gasteiger partial charge in [0.15, 0.2) is 0 Å². The monoisotopic (exact) mass is 343 g/mol. The van der Waals surface area contributed by atoms with Gasteiger partial charge in [0.2, 0.25) is 5.91 Å². The zero-order valence-corrected chi connectivity index (χ0v) is 14.6. The number of likely N-dealkylation sites (tertiary alicyclic amines) is 1. The molecule has 1 amide bonds. The number of rotatable bonds is 4. The van der Waals surface area contributed by atoms with Gasteiger partial charge in [-0.25, -0.2) is 0 Å². The topological polar surface area (TPSA) is 45.2 Å². The largest absolute Gasteiger partial charge is 0.379 e. The average Bonchev–Trinajstić information content (AvgIpc) is 2.60. The minimum absolute atomic E-state index is 0.0417. The second kappa shape index (κ2) is 7.67. The van der Waals surface area contributed by atoms with Crippen molar-refractivity contribution in [2.24, 2.45) is 0 Å². The molecule has 126 valence electrons. The number of carbonyl (C=O) groups is 1. The lowest BCUT2D eigenvalue weighted by atomic mass is 10.1. The van der Waals surface area contributed by atoms with Crippen LogP contribution in [0, 0.1) is 0 Å². The number of halogens is 1. The Balaban J connectivity index is 1.67. The Hall–Kier alpha value is -2.07. The van der Waals surface area contributed by atoms with E-state index in [1.807, 2.05) is 42.2 Å². The Morgan fingerprint density at radius 1 is 1.29 bits per heavy atom. The van der Waals surface area contributed by atoms with E-state index in [2.05, 4.69) is 10.3 Å². The first-order valence-electron chi connectivity index (χ1n) is 8.41. The number of benzene rings is 1. The molecule has 1 aromatic heterocycles. The van der Waals surface area contributed by atoms with Crippen molar-refractivity contribution in [2.45, 2.75) is 32.2 Å². The molecule has 24 heavy (non-hydrogen) atoms. The number of nitrogens with one attached hydrogen (secondary N) is 1. The maximum absolute atomic E-state index is 12.2. The Morgan fingerprint density at radius 2 is 2.08 bits per heavy atom. The molecule has 0 aliphatic carbocycles. The van der Waals surface area contributed by atoms with Gasteiger partial charge in [0.05, 0.1) is 5.52 Å². The zero-order chi connectivity index (χ0) is 16.9. The first-order valence-corrected chi connectivity index (χ1v) is 8.79. The minimum Gasteiger partial charge on any atom is -0.379 e. The van der Waals surface area contributed by atoms with E-state index in [9.17, 15) is 4.79 Å². The zero-order valence-electron chi connectivity index (χ0n) is 13.8. The van der Waals surface area contributed by atoms with Gasteiger partial charge >= 0.3 is 0 Å². The summed E-state index contributed by atoms with van der Waals surface area (Å²) < 4.78 is 0. The molecular formula is C19H22ClN3O. The van der Waals surface area contributed by atoms with Gasteiger partial charge in [0.25, 0.3) is 0 Å². The van der Waals surface area contributed by atoms with Crippen LogP contribution in [0.25, 0.3) is 10.9 Å². The van der Waals surface area contributed by atoms with Crippen molar-refractivity contribution in [2.75, 3.05) is 18.4 Å². The third kappa shape index (κ3) is 4.06. The Labute approximate surface area is 147 Å². The number of nitrogens with zero attached hydrogens (tertiary/aromatic N) is 2. The number of hydrogen-bond donors (Lipinski definition) is 1. The molecule has 1 aliphatic heterocycles. The van der Waals surface area contributed by atoms with Crippen LogP contribution in [0.3, 0.4) is 0 Å². The third-order valence-electron chi connectivity index (χ3n) is 4.28. The first kappa shape index (κ1) is 16.8. The summed E-state index contributed by atoms with van der Waals surface area (Å²) in [6.07, 6.45) is 8.81. The number of hydrogen-bond acceptors (Lipinski definition) is 3. The van der Waals surface area contributed by atoms with Gasteiger partial charge < -0.3 is 10.2 Å². The van der Waals surface area contributed by atoms with Crippen LogP contribution in [-0.2, 0) is 4.79 Å². The fourth-order valence-electron chi connectivity index (χ4n) is 2.99. The Bertz CT molecular complexity index is 753. The molecule has 0 bridgehead atoms. The van der Waals surface area contributed by atoms with Crippen LogP contribution in [0.4, 0.5) is 5.69 Å². The van der Waals surface area contributed by atoms with E-state index in [4.69, 9.17) is 11.6 Å². The highest BCUT2D eigenvalue weighted by Gasteiger charge is 2.14. The number of pyridine rings is 1. The standard InChI is InChI=1S/C19H22ClN3O/c1-14(5-8-19(24)23-11-3-2-4-12-23)22-17-9-10-21-18-13-15(20)6-7-16(17)18/h5-10,13-14H,2-4,11-12H2,1H3,(H,21,22)/b8-5+/t14-/m0/s1. The van der Waals surface area contributed by atoms with Crippen LogP contribution >= 0.6 is 11.6 Å². The van der Waals surface area contributed by atoms with Crippen molar-refractivity contribution < 1.29 is 4.79 Å². The van der Waals surface area contributed by atoms with E-state index in [1.54, 1.807) is 12.3 Å². The normalized spacial score (nSPS) is 16.5. The van der Waals surface area contributed by atoms with Crippen molar-refractivity contribution in [3.05, 3.63) is 47.6 Å². The van der Waals surface area contributed by atoms with Crippen molar-refractivity contribution in [1.82, 2.24) is 9.88 Å². The first-order chi connectivity index (χ1) is 11.6. The van der Waals surface area contributed by atoms with Crippen molar-refractivity contribution in [1.29, 1.82) is 0 Å². The SMILES string of the molecule is C[C@@H](/C=C/C(=O)N1CCCCC1)Nc1ccnc2cc(Cl)ccc12. The van der Waals surface area contributed by atoms with Gasteiger partial charge in [-0.05, 0) is 50.5 Å². The van der Waals surface area contributed by atoms with E-state index in [0.29, 0.717) is 5.02 Å². The van der Waals surface area contributed by atoms with E-state index in [0.717, 1.165) is 42.5 Å². The number of carbonyl (C=O) groups excluding carboxylic acids is 1. The fraction of sp³-hybridized carbons (Fsp3) is 0.368. The number of anilines is 1. The summed E-state index contributed by atoms with van der Waals surface area (Å²) in [7, 11) is 0. The lowest BCUT2D eigenvalue weighted by Crippen LogP contribution is -2.34. The molecule has 1 saturated heterocycles. The molecule has 4 nitrogen and oxygen atoms in total. The lowest BCUT2D eigenvalue weighted by molar-refractivity contribution is -0.126. The highest BCUT2D eigenvalue weighted by molar-refractivity contribution is 6.31. The maximum Gasteiger partial charge on any atom is 0.246 e. The molecule has 0 unspecified atom stereocenters. The summed E-state index contributed by atoms with van der Waals surface area (Å²) in [5.41, 5.74) is 1.84. The molecule has 2 heterocycles. The summed E-state index contributed by atoms with van der Waals surface area (Å²) in [6.45, 7) is 3.78. The molecule has 0 spiro atoms. The van der Waals surface area contributed by atoms with Crippen LogP contribution in [0.15, 0.2) is 42.6 Å². The summed E-state index contributed by atoms with van der Waals surface area (Å²) in [5, 5.41) is 5.11. The van der Waals surface area contributed by atoms with Crippen molar-refractivity contribution >= 4 is 34.1 Å². The third-order valence-corrected chi connectivity index (χ3v) is 4.52. The Morgan fingerprint density at radius 3 is 2.88 bits per heavy atom. The van der Waals surface area contributed by atoms with Crippen LogP contribution in [0.1, 0.15) is 26.2 Å². The minimum atomic E-state index is 0.0417. The highest BCUT2D eigenvalue weighted by atomic mass is 35.5. The lowest BCUT2D eigenvalue weighted by Gasteiger charge is -2.25. The van der Waals surface area contributed by atoms with Crippen LogP contribution in [0.5, 0.6) is 0 Å². The Kier molecular flexibility index (Phi) is 5.36. The number of aromatic nitrogens is 1. The number of amides is 1. The summed E-state index contributed by atoms with van der Waals surface area (Å²) in [5.74, 6) is 0.106. The molecular weight excluding hydrogens is 322 g/mol. The van der Waals surface area contributed by atoms with Crippen molar-refractivity contribution in [3.63, 3.8) is 0 Å². The number of piperidine rings is 1. The van der Waals surface area contributed by atoms with Gasteiger partial charge in [-0.2, -0.15) is 0 Å². The van der Waals surface area contributed by atoms with Gasteiger partial charge in [0, 0.05) is 47.5 Å². The molecule has 1 fully saturated rings. The summed E-state index contributed by atoms with van der Waals surface area (Å²) in [6, 6.07) is 7.65. The van der Waals surface area contributed by atoms with E-state index in [1.165, 1.54) is 6.42 Å². The second-order valence-electron chi connectivity index (χ2n) is 6.20. The summed E-state index contributed by atoms with van der Waals surface area (Å²) >= 11 is 6.02. The van der Waals surface area contributed by atoms with E-state index >= 15 is 0 Å². The molecule has 1 N–H and O–H groups in total. The van der Waals surface area contributed by atoms with Gasteiger partial charge in [-0.1, -0.05) is 17.7 Å². The predicted molar refractivity (Wildman–Crippen MR) is 99.4 cm³/mol. The van der Waals surface area contributed by atoms with Gasteiger partial charge in [-0.15, -0.1) is 0 Å². The molecule has 5 heteroatoms. The van der Waals surface area contributed by atoms with Crippen molar-refractivity contribution in [3.8, 4) is 0 Å². The predicted octanol–water partition coefficient (Wildman–Crippen LogP) is 4.26. The van der Waals surface area contributed by atoms with Crippen LogP contribution in [-0.4, -0.2) is 34.9 Å². The number of fused-ring (bicyclic) bond motifs is 1. The van der Waals surface area contributed by atoms with E-state index in [-0.39, 0.29) is 11.9 Å². The second-order valence-corrected chi connectivity index (χ2v) is 6.63. The molecule has 0 radical (unpaired) electrons. The average molecular weight is 344 g/mol. The van der Waals surface area contributed by atoms with Gasteiger partial charge in [-0.3, -0.25) is 9.78 Å². The maximum atomic E-state index is 12.2. The quantitative estimate of drug-likeness (QED) is 0.844. The molecule has 1 aliphatic rings. The van der Waals surface area contributed by atoms with Crippen LogP contribution < -0.4 is 5.32 Å². The van der Waals surface area contributed by atoms with Crippen LogP contribution in [0.2, 0.25) is 5.02 Å².